The first-order valence-electron chi connectivity index (χ1n) is 14.5. The molecule has 0 saturated carbocycles. The third-order valence-electron chi connectivity index (χ3n) is 6.83. The molecule has 1 fully saturated rings. The zero-order valence-electron chi connectivity index (χ0n) is 24.0. The smallest absolute Gasteiger partial charge is 0.387 e. The van der Waals surface area contributed by atoms with Crippen LogP contribution in [-0.2, 0) is 27.5 Å². The number of amides is 1. The van der Waals surface area contributed by atoms with Crippen LogP contribution < -0.4 is 11.0 Å². The molecule has 1 unspecified atom stereocenters. The second-order valence-corrected chi connectivity index (χ2v) is 13.3. The van der Waals surface area contributed by atoms with E-state index in [-0.39, 0.29) is 18.1 Å². The van der Waals surface area contributed by atoms with Crippen LogP contribution in [0.4, 0.5) is 5.82 Å². The van der Waals surface area contributed by atoms with Crippen LogP contribution in [0.5, 0.6) is 0 Å². The fourth-order valence-electron chi connectivity index (χ4n) is 4.61. The molecule has 1 aromatic heterocycles. The van der Waals surface area contributed by atoms with Crippen LogP contribution in [0.2, 0.25) is 0 Å². The van der Waals surface area contributed by atoms with Crippen LogP contribution >= 0.6 is 15.6 Å². The summed E-state index contributed by atoms with van der Waals surface area (Å²) >= 11 is 0. The highest BCUT2D eigenvalue weighted by atomic mass is 31.3. The Morgan fingerprint density at radius 2 is 1.50 bits per heavy atom. The third-order valence-corrected chi connectivity index (χ3v) is 8.98. The zero-order valence-corrected chi connectivity index (χ0v) is 25.7. The highest BCUT2D eigenvalue weighted by Gasteiger charge is 2.45. The van der Waals surface area contributed by atoms with Gasteiger partial charge in [0.2, 0.25) is 5.91 Å². The topological polar surface area (TPSA) is 227 Å². The van der Waals surface area contributed by atoms with Gasteiger partial charge in [-0.25, -0.2) is 13.9 Å². The summed E-state index contributed by atoms with van der Waals surface area (Å²) in [5.74, 6) is -0.293. The van der Waals surface area contributed by atoms with Crippen LogP contribution in [0, 0.1) is 0 Å². The number of hydrogen-bond donors (Lipinski definition) is 6. The van der Waals surface area contributed by atoms with Crippen molar-refractivity contribution in [3.63, 3.8) is 0 Å². The van der Waals surface area contributed by atoms with E-state index in [9.17, 15) is 33.8 Å². The number of phosphoric acid groups is 2. The van der Waals surface area contributed by atoms with E-state index in [1.165, 1.54) is 70.1 Å². The summed E-state index contributed by atoms with van der Waals surface area (Å²) in [6.45, 7) is 1.32. The summed E-state index contributed by atoms with van der Waals surface area (Å²) in [7, 11) is -10.6. The molecule has 0 spiro atoms. The van der Waals surface area contributed by atoms with Gasteiger partial charge in [0.1, 0.15) is 24.1 Å². The Kier molecular flexibility index (Phi) is 16.0. The van der Waals surface area contributed by atoms with Crippen molar-refractivity contribution in [1.29, 1.82) is 0 Å². The monoisotopic (exact) mass is 641 g/mol. The molecular formula is C25H45N3O12P2. The molecule has 1 aliphatic rings. The fourth-order valence-corrected chi connectivity index (χ4v) is 6.21. The van der Waals surface area contributed by atoms with E-state index in [0.717, 1.165) is 23.8 Å². The molecule has 0 aliphatic carbocycles. The standard InChI is InChI=1S/C25H45N3O12P2/c1-2-3-4-5-6-7-8-9-10-11-12-13-14-15-21(29)26-20-16-17-28(25(32)27-20)24-23(31)22(30)19(39-24)18-38-42(36,37)40-41(33,34)35/h16-17,19,22-24,30-31H,2-15,18H2,1H3,(H,36,37)(H2,33,34,35)(H,26,27,29,32)/t19-,22-,23-,24-/m1/s1. The largest absolute Gasteiger partial charge is 0.481 e. The number of aliphatic hydroxyl groups is 2. The number of nitrogens with one attached hydrogen (secondary N) is 1. The SMILES string of the molecule is CCCCCCCCCCCCCCCC(=O)Nc1ccn([C@@H]2O[C@H](COP(=O)(O)OP(=O)(O)O)[C@@H](O)[C@H]2O)c(=O)n1. The van der Waals surface area contributed by atoms with Crippen LogP contribution in [0.1, 0.15) is 103 Å². The molecule has 15 nitrogen and oxygen atoms in total. The predicted molar refractivity (Wildman–Crippen MR) is 152 cm³/mol. The molecule has 1 amide bonds. The van der Waals surface area contributed by atoms with Crippen LogP contribution in [-0.4, -0.2) is 65.3 Å². The van der Waals surface area contributed by atoms with Crippen molar-refractivity contribution in [2.24, 2.45) is 0 Å². The van der Waals surface area contributed by atoms with Gasteiger partial charge >= 0.3 is 21.3 Å². The number of phosphoric ester groups is 1. The first-order valence-corrected chi connectivity index (χ1v) is 17.5. The predicted octanol–water partition coefficient (Wildman–Crippen LogP) is 3.51. The summed E-state index contributed by atoms with van der Waals surface area (Å²) in [4.78, 5) is 55.2. The highest BCUT2D eigenvalue weighted by Crippen LogP contribution is 2.57. The maximum Gasteiger partial charge on any atom is 0.481 e. The number of aromatic nitrogens is 2. The minimum Gasteiger partial charge on any atom is -0.387 e. The zero-order chi connectivity index (χ0) is 31.2. The number of carbonyl (C=O) groups is 1. The van der Waals surface area contributed by atoms with Crippen LogP contribution in [0.25, 0.3) is 0 Å². The molecule has 0 bridgehead atoms. The quantitative estimate of drug-likeness (QED) is 0.0835. The molecule has 2 heterocycles. The minimum absolute atomic E-state index is 0.000308. The second kappa shape index (κ2) is 18.3. The molecule has 0 aromatic carbocycles. The van der Waals surface area contributed by atoms with Gasteiger partial charge in [0, 0.05) is 12.6 Å². The number of carbonyl (C=O) groups excluding carboxylic acids is 1. The summed E-state index contributed by atoms with van der Waals surface area (Å²) in [5.41, 5.74) is -0.913. The Bertz CT molecular complexity index is 1110. The number of ether oxygens (including phenoxy) is 1. The lowest BCUT2D eigenvalue weighted by Crippen LogP contribution is -2.36. The molecular weight excluding hydrogens is 596 g/mol. The molecule has 17 heteroatoms. The van der Waals surface area contributed by atoms with E-state index in [0.29, 0.717) is 6.42 Å². The van der Waals surface area contributed by atoms with E-state index < -0.39 is 52.5 Å². The average molecular weight is 642 g/mol. The van der Waals surface area contributed by atoms with Crippen molar-refractivity contribution in [3.8, 4) is 0 Å². The Labute approximate surface area is 245 Å². The van der Waals surface area contributed by atoms with Gasteiger partial charge < -0.3 is 34.9 Å². The maximum absolute atomic E-state index is 12.5. The average Bonchev–Trinajstić information content (AvgIpc) is 3.17. The molecule has 42 heavy (non-hydrogen) atoms. The first kappa shape index (κ1) is 36.7. The van der Waals surface area contributed by atoms with Crippen LogP contribution in [0.3, 0.4) is 0 Å². The molecule has 0 radical (unpaired) electrons. The molecule has 242 valence electrons. The number of rotatable bonds is 21. The van der Waals surface area contributed by atoms with Gasteiger partial charge in [0.05, 0.1) is 6.61 Å². The third kappa shape index (κ3) is 13.9. The van der Waals surface area contributed by atoms with Gasteiger partial charge in [-0.3, -0.25) is 13.9 Å². The van der Waals surface area contributed by atoms with E-state index in [4.69, 9.17) is 14.5 Å². The fraction of sp³-hybridized carbons (Fsp3) is 0.800. The van der Waals surface area contributed by atoms with Gasteiger partial charge in [-0.15, -0.1) is 0 Å². The van der Waals surface area contributed by atoms with Crippen molar-refractivity contribution in [2.75, 3.05) is 11.9 Å². The number of aliphatic hydroxyl groups excluding tert-OH is 2. The Hall–Kier alpha value is -1.51. The minimum atomic E-state index is -5.35. The van der Waals surface area contributed by atoms with Crippen molar-refractivity contribution in [1.82, 2.24) is 9.55 Å². The lowest BCUT2D eigenvalue weighted by Gasteiger charge is -2.18. The molecule has 1 aromatic rings. The van der Waals surface area contributed by atoms with Gasteiger partial charge in [-0.1, -0.05) is 84.0 Å². The van der Waals surface area contributed by atoms with Gasteiger partial charge in [-0.2, -0.15) is 9.29 Å². The Morgan fingerprint density at radius 3 is 2.02 bits per heavy atom. The molecule has 1 aliphatic heterocycles. The maximum atomic E-state index is 12.5. The molecule has 2 rings (SSSR count). The van der Waals surface area contributed by atoms with Gasteiger partial charge in [0.25, 0.3) is 0 Å². The van der Waals surface area contributed by atoms with E-state index >= 15 is 0 Å². The van der Waals surface area contributed by atoms with Crippen molar-refractivity contribution < 1.29 is 52.4 Å². The number of anilines is 1. The van der Waals surface area contributed by atoms with Crippen molar-refractivity contribution in [2.45, 2.75) is 121 Å². The normalized spacial score (nSPS) is 22.2. The summed E-state index contributed by atoms with van der Waals surface area (Å²) in [6.07, 6.45) is 10.7. The highest BCUT2D eigenvalue weighted by molar-refractivity contribution is 7.60. The lowest BCUT2D eigenvalue weighted by molar-refractivity contribution is -0.116. The number of unbranched alkanes of at least 4 members (excludes halogenated alkanes) is 12. The van der Waals surface area contributed by atoms with E-state index in [2.05, 4.69) is 26.1 Å². The van der Waals surface area contributed by atoms with Gasteiger partial charge in [-0.05, 0) is 12.5 Å². The molecule has 1 saturated heterocycles. The molecule has 5 atom stereocenters. The van der Waals surface area contributed by atoms with Crippen molar-refractivity contribution in [3.05, 3.63) is 22.7 Å². The van der Waals surface area contributed by atoms with E-state index in [1.54, 1.807) is 0 Å². The second-order valence-electron chi connectivity index (χ2n) is 10.4. The lowest BCUT2D eigenvalue weighted by atomic mass is 10.0. The van der Waals surface area contributed by atoms with Gasteiger partial charge in [0.15, 0.2) is 6.23 Å². The Morgan fingerprint density at radius 1 is 0.952 bits per heavy atom. The summed E-state index contributed by atoms with van der Waals surface area (Å²) < 4.78 is 36.6. The van der Waals surface area contributed by atoms with Crippen LogP contribution in [0.15, 0.2) is 17.1 Å². The summed E-state index contributed by atoms with van der Waals surface area (Å²) in [5, 5.41) is 23.1. The number of nitrogens with zero attached hydrogens (tertiary/aromatic N) is 2. The summed E-state index contributed by atoms with van der Waals surface area (Å²) in [6, 6.07) is 1.31. The first-order chi connectivity index (χ1) is 19.8. The van der Waals surface area contributed by atoms with Crippen molar-refractivity contribution >= 4 is 27.4 Å². The Balaban J connectivity index is 1.70. The molecule has 6 N–H and O–H groups in total. The number of hydrogen-bond acceptors (Lipinski definition) is 10. The van der Waals surface area contributed by atoms with E-state index in [1.807, 2.05) is 0 Å².